The van der Waals surface area contributed by atoms with Gasteiger partial charge in [-0.15, -0.1) is 0 Å². The number of rotatable bonds is 5. The lowest BCUT2D eigenvalue weighted by molar-refractivity contribution is 1.04. The van der Waals surface area contributed by atoms with Crippen LogP contribution in [0, 0.1) is 0 Å². The maximum atomic E-state index is 4.92. The molecule has 0 spiro atoms. The standard InChI is InChI=1S/C30H21N5/c1-4-12-22(13-5-1)27-32-28(23-14-6-2-7-15-23)34-29(33-27)25-18-10-11-19-26(25)35-21-20-31-30(35)24-16-8-3-9-17-24/h1-21H. The molecule has 5 heteroatoms. The normalized spacial score (nSPS) is 10.9. The predicted octanol–water partition coefficient (Wildman–Crippen LogP) is 6.73. The smallest absolute Gasteiger partial charge is 0.166 e. The zero-order valence-electron chi connectivity index (χ0n) is 18.9. The molecule has 0 aliphatic carbocycles. The summed E-state index contributed by atoms with van der Waals surface area (Å²) in [5, 5.41) is 0. The molecule has 6 aromatic rings. The van der Waals surface area contributed by atoms with E-state index in [0.29, 0.717) is 17.5 Å². The molecule has 2 heterocycles. The lowest BCUT2D eigenvalue weighted by Gasteiger charge is -2.14. The van der Waals surface area contributed by atoms with E-state index in [2.05, 4.69) is 27.8 Å². The summed E-state index contributed by atoms with van der Waals surface area (Å²) in [6.07, 6.45) is 3.79. The van der Waals surface area contributed by atoms with Crippen molar-refractivity contribution in [3.8, 4) is 51.2 Å². The van der Waals surface area contributed by atoms with Crippen molar-refractivity contribution in [3.05, 3.63) is 128 Å². The molecule has 0 N–H and O–H groups in total. The summed E-state index contributed by atoms with van der Waals surface area (Å²) in [6.45, 7) is 0. The lowest BCUT2D eigenvalue weighted by Crippen LogP contribution is -2.04. The van der Waals surface area contributed by atoms with Crippen molar-refractivity contribution in [3.63, 3.8) is 0 Å². The number of hydrogen-bond donors (Lipinski definition) is 0. The van der Waals surface area contributed by atoms with Gasteiger partial charge in [0, 0.05) is 34.6 Å². The second-order valence-corrected chi connectivity index (χ2v) is 8.04. The van der Waals surface area contributed by atoms with Gasteiger partial charge in [-0.25, -0.2) is 19.9 Å². The summed E-state index contributed by atoms with van der Waals surface area (Å²) < 4.78 is 2.08. The third kappa shape index (κ3) is 4.11. The van der Waals surface area contributed by atoms with Gasteiger partial charge in [0.15, 0.2) is 17.5 Å². The molecular formula is C30H21N5. The van der Waals surface area contributed by atoms with Crippen LogP contribution in [0.3, 0.4) is 0 Å². The average molecular weight is 452 g/mol. The van der Waals surface area contributed by atoms with Crippen molar-refractivity contribution in [1.29, 1.82) is 0 Å². The minimum Gasteiger partial charge on any atom is -0.299 e. The van der Waals surface area contributed by atoms with Gasteiger partial charge in [0.1, 0.15) is 5.82 Å². The van der Waals surface area contributed by atoms with E-state index < -0.39 is 0 Å². The highest BCUT2D eigenvalue weighted by Gasteiger charge is 2.17. The molecule has 0 fully saturated rings. The summed E-state index contributed by atoms with van der Waals surface area (Å²) in [5.41, 5.74) is 4.78. The van der Waals surface area contributed by atoms with Gasteiger partial charge in [-0.3, -0.25) is 4.57 Å². The molecule has 166 valence electrons. The van der Waals surface area contributed by atoms with Crippen molar-refractivity contribution in [2.45, 2.75) is 0 Å². The van der Waals surface area contributed by atoms with E-state index in [1.807, 2.05) is 109 Å². The van der Waals surface area contributed by atoms with E-state index in [-0.39, 0.29) is 0 Å². The van der Waals surface area contributed by atoms with Gasteiger partial charge in [-0.1, -0.05) is 103 Å². The fourth-order valence-electron chi connectivity index (χ4n) is 4.10. The first-order chi connectivity index (χ1) is 17.4. The highest BCUT2D eigenvalue weighted by Crippen LogP contribution is 2.30. The van der Waals surface area contributed by atoms with Crippen LogP contribution in [0.25, 0.3) is 51.2 Å². The summed E-state index contributed by atoms with van der Waals surface area (Å²) in [4.78, 5) is 19.3. The first kappa shape index (κ1) is 20.7. The minimum atomic E-state index is 0.612. The molecule has 35 heavy (non-hydrogen) atoms. The fraction of sp³-hybridized carbons (Fsp3) is 0. The van der Waals surface area contributed by atoms with Crippen LogP contribution >= 0.6 is 0 Å². The molecule has 2 aromatic heterocycles. The molecule has 0 bridgehead atoms. The van der Waals surface area contributed by atoms with Gasteiger partial charge in [0.25, 0.3) is 0 Å². The molecule has 0 radical (unpaired) electrons. The van der Waals surface area contributed by atoms with Crippen molar-refractivity contribution in [2.24, 2.45) is 0 Å². The molecule has 0 saturated carbocycles. The van der Waals surface area contributed by atoms with Crippen LogP contribution in [0.2, 0.25) is 0 Å². The largest absolute Gasteiger partial charge is 0.299 e. The monoisotopic (exact) mass is 451 g/mol. The molecular weight excluding hydrogens is 430 g/mol. The van der Waals surface area contributed by atoms with Crippen LogP contribution in [-0.4, -0.2) is 24.5 Å². The number of para-hydroxylation sites is 1. The Morgan fingerprint density at radius 2 is 0.943 bits per heavy atom. The highest BCUT2D eigenvalue weighted by atomic mass is 15.1. The Bertz CT molecular complexity index is 1520. The molecule has 0 unspecified atom stereocenters. The third-order valence-corrected chi connectivity index (χ3v) is 5.78. The lowest BCUT2D eigenvalue weighted by atomic mass is 10.1. The maximum absolute atomic E-state index is 4.92. The predicted molar refractivity (Wildman–Crippen MR) is 139 cm³/mol. The fourth-order valence-corrected chi connectivity index (χ4v) is 4.10. The summed E-state index contributed by atoms with van der Waals surface area (Å²) in [6, 6.07) is 38.3. The van der Waals surface area contributed by atoms with Crippen molar-refractivity contribution in [1.82, 2.24) is 24.5 Å². The zero-order chi connectivity index (χ0) is 23.5. The Labute approximate surface area is 203 Å². The molecule has 0 amide bonds. The molecule has 0 saturated heterocycles. The zero-order valence-corrected chi connectivity index (χ0v) is 18.9. The minimum absolute atomic E-state index is 0.612. The number of aromatic nitrogens is 5. The molecule has 6 rings (SSSR count). The van der Waals surface area contributed by atoms with Gasteiger partial charge < -0.3 is 0 Å². The van der Waals surface area contributed by atoms with Gasteiger partial charge >= 0.3 is 0 Å². The second-order valence-electron chi connectivity index (χ2n) is 8.04. The first-order valence-corrected chi connectivity index (χ1v) is 11.4. The van der Waals surface area contributed by atoms with Gasteiger partial charge in [-0.2, -0.15) is 0 Å². The van der Waals surface area contributed by atoms with Crippen molar-refractivity contribution >= 4 is 0 Å². The van der Waals surface area contributed by atoms with Crippen LogP contribution < -0.4 is 0 Å². The van der Waals surface area contributed by atoms with Gasteiger partial charge in [0.05, 0.1) is 5.69 Å². The second kappa shape index (κ2) is 9.15. The average Bonchev–Trinajstić information content (AvgIpc) is 3.44. The van der Waals surface area contributed by atoms with E-state index in [1.165, 1.54) is 0 Å². The SMILES string of the molecule is c1ccc(-c2nc(-c3ccccc3)nc(-c3ccccc3-n3ccnc3-c3ccccc3)n2)cc1. The molecule has 5 nitrogen and oxygen atoms in total. The van der Waals surface area contributed by atoms with Crippen LogP contribution in [-0.2, 0) is 0 Å². The van der Waals surface area contributed by atoms with Crippen LogP contribution in [0.1, 0.15) is 0 Å². The Morgan fingerprint density at radius 1 is 0.457 bits per heavy atom. The number of imidazole rings is 1. The van der Waals surface area contributed by atoms with Crippen molar-refractivity contribution in [2.75, 3.05) is 0 Å². The van der Waals surface area contributed by atoms with Gasteiger partial charge in [-0.05, 0) is 12.1 Å². The Kier molecular flexibility index (Phi) is 5.41. The quantitative estimate of drug-likeness (QED) is 0.292. The first-order valence-electron chi connectivity index (χ1n) is 11.4. The van der Waals surface area contributed by atoms with E-state index in [0.717, 1.165) is 33.8 Å². The Morgan fingerprint density at radius 3 is 1.54 bits per heavy atom. The van der Waals surface area contributed by atoms with Crippen LogP contribution in [0.5, 0.6) is 0 Å². The summed E-state index contributed by atoms with van der Waals surface area (Å²) >= 11 is 0. The van der Waals surface area contributed by atoms with Gasteiger partial charge in [0.2, 0.25) is 0 Å². The highest BCUT2D eigenvalue weighted by molar-refractivity contribution is 5.73. The molecule has 0 aliphatic rings. The van der Waals surface area contributed by atoms with Crippen LogP contribution in [0.15, 0.2) is 128 Å². The molecule has 4 aromatic carbocycles. The van der Waals surface area contributed by atoms with E-state index in [1.54, 1.807) is 0 Å². The van der Waals surface area contributed by atoms with Crippen LogP contribution in [0.4, 0.5) is 0 Å². The van der Waals surface area contributed by atoms with Crippen molar-refractivity contribution < 1.29 is 0 Å². The molecule has 0 aliphatic heterocycles. The third-order valence-electron chi connectivity index (χ3n) is 5.78. The summed E-state index contributed by atoms with van der Waals surface area (Å²) in [7, 11) is 0. The Hall–Kier alpha value is -4.90. The topological polar surface area (TPSA) is 56.5 Å². The van der Waals surface area contributed by atoms with E-state index in [4.69, 9.17) is 15.0 Å². The van der Waals surface area contributed by atoms with E-state index >= 15 is 0 Å². The number of benzene rings is 4. The maximum Gasteiger partial charge on any atom is 0.166 e. The number of hydrogen-bond acceptors (Lipinski definition) is 4. The summed E-state index contributed by atoms with van der Waals surface area (Å²) in [5.74, 6) is 2.75. The number of nitrogens with zero attached hydrogens (tertiary/aromatic N) is 5. The Balaban J connectivity index is 1.56. The molecule has 0 atom stereocenters. The van der Waals surface area contributed by atoms with E-state index in [9.17, 15) is 0 Å².